The number of rotatable bonds is 3. The summed E-state index contributed by atoms with van der Waals surface area (Å²) >= 11 is 0. The Morgan fingerprint density at radius 2 is 1.53 bits per heavy atom. The van der Waals surface area contributed by atoms with Crippen molar-refractivity contribution in [2.24, 2.45) is 5.41 Å². The summed E-state index contributed by atoms with van der Waals surface area (Å²) < 4.78 is 0. The largest absolute Gasteiger partial charge is 0.396 e. The third-order valence-corrected chi connectivity index (χ3v) is 5.49. The fraction of sp³-hybridized carbons (Fsp3) is 1.00. The van der Waals surface area contributed by atoms with Gasteiger partial charge in [0.1, 0.15) is 0 Å². The summed E-state index contributed by atoms with van der Waals surface area (Å²) in [7, 11) is 2.24. The van der Waals surface area contributed by atoms with Crippen LogP contribution in [0.1, 0.15) is 52.4 Å². The van der Waals surface area contributed by atoms with Crippen LogP contribution in [0.5, 0.6) is 0 Å². The van der Waals surface area contributed by atoms with Crippen molar-refractivity contribution < 1.29 is 5.11 Å². The minimum atomic E-state index is 0.186. The lowest BCUT2D eigenvalue weighted by Gasteiger charge is -2.46. The number of aliphatic hydroxyl groups excluding tert-OH is 1. The molecule has 1 N–H and O–H groups in total. The van der Waals surface area contributed by atoms with Crippen LogP contribution in [0.4, 0.5) is 0 Å². The highest BCUT2D eigenvalue weighted by atomic mass is 16.3. The molecule has 112 valence electrons. The molecule has 2 rings (SSSR count). The molecule has 2 aliphatic rings. The average molecular weight is 268 g/mol. The highest BCUT2D eigenvalue weighted by molar-refractivity contribution is 4.89. The molecule has 1 aliphatic carbocycles. The number of nitrogens with zero attached hydrogens (tertiary/aromatic N) is 2. The Labute approximate surface area is 119 Å². The van der Waals surface area contributed by atoms with Crippen molar-refractivity contribution in [2.75, 3.05) is 33.3 Å². The summed E-state index contributed by atoms with van der Waals surface area (Å²) in [5, 5.41) is 9.94. The molecule has 1 saturated carbocycles. The lowest BCUT2D eigenvalue weighted by Crippen LogP contribution is -2.57. The van der Waals surface area contributed by atoms with Crippen LogP contribution in [0, 0.1) is 5.41 Å². The summed E-state index contributed by atoms with van der Waals surface area (Å²) in [6, 6.07) is 1.26. The predicted octanol–water partition coefficient (Wildman–Crippen LogP) is 2.34. The van der Waals surface area contributed by atoms with E-state index in [1.54, 1.807) is 0 Å². The van der Waals surface area contributed by atoms with Gasteiger partial charge in [0.25, 0.3) is 0 Å². The van der Waals surface area contributed by atoms with E-state index in [-0.39, 0.29) is 5.41 Å². The molecule has 0 aromatic heterocycles. The van der Waals surface area contributed by atoms with Crippen molar-refractivity contribution in [3.05, 3.63) is 0 Å². The lowest BCUT2D eigenvalue weighted by atomic mass is 9.80. The minimum absolute atomic E-state index is 0.186. The molecule has 0 aromatic carbocycles. The quantitative estimate of drug-likeness (QED) is 0.796. The molecule has 2 atom stereocenters. The molecule has 2 unspecified atom stereocenters. The first-order valence-corrected chi connectivity index (χ1v) is 8.11. The molecule has 0 bridgehead atoms. The highest BCUT2D eigenvalue weighted by Crippen LogP contribution is 2.36. The predicted molar refractivity (Wildman–Crippen MR) is 80.3 cm³/mol. The van der Waals surface area contributed by atoms with Crippen LogP contribution in [-0.2, 0) is 0 Å². The second kappa shape index (κ2) is 6.55. The maximum absolute atomic E-state index is 9.94. The maximum Gasteiger partial charge on any atom is 0.0499 e. The Bertz CT molecular complexity index is 262. The van der Waals surface area contributed by atoms with E-state index in [0.29, 0.717) is 18.7 Å². The minimum Gasteiger partial charge on any atom is -0.396 e. The van der Waals surface area contributed by atoms with Gasteiger partial charge in [-0.2, -0.15) is 0 Å². The molecule has 0 aromatic rings. The number of hydrogen-bond donors (Lipinski definition) is 1. The zero-order valence-corrected chi connectivity index (χ0v) is 13.1. The van der Waals surface area contributed by atoms with Gasteiger partial charge in [0.05, 0.1) is 0 Å². The first kappa shape index (κ1) is 15.3. The third kappa shape index (κ3) is 3.71. The van der Waals surface area contributed by atoms with E-state index in [1.807, 2.05) is 0 Å². The normalized spacial score (nSPS) is 34.1. The van der Waals surface area contributed by atoms with Crippen molar-refractivity contribution in [3.8, 4) is 0 Å². The zero-order valence-electron chi connectivity index (χ0n) is 13.1. The molecule has 3 heteroatoms. The van der Waals surface area contributed by atoms with Gasteiger partial charge in [-0.3, -0.25) is 9.80 Å². The van der Waals surface area contributed by atoms with Crippen LogP contribution in [-0.4, -0.2) is 60.3 Å². The highest BCUT2D eigenvalue weighted by Gasteiger charge is 2.35. The van der Waals surface area contributed by atoms with E-state index in [9.17, 15) is 5.11 Å². The molecule has 0 spiro atoms. The molecule has 0 radical (unpaired) electrons. The van der Waals surface area contributed by atoms with Gasteiger partial charge < -0.3 is 5.11 Å². The smallest absolute Gasteiger partial charge is 0.0499 e. The van der Waals surface area contributed by atoms with Crippen LogP contribution < -0.4 is 0 Å². The Morgan fingerprint density at radius 1 is 1.00 bits per heavy atom. The Balaban J connectivity index is 1.97. The van der Waals surface area contributed by atoms with Crippen molar-refractivity contribution >= 4 is 0 Å². The van der Waals surface area contributed by atoms with Gasteiger partial charge in [-0.05, 0) is 33.7 Å². The van der Waals surface area contributed by atoms with Crippen molar-refractivity contribution in [1.29, 1.82) is 0 Å². The molecule has 3 nitrogen and oxygen atoms in total. The fourth-order valence-electron chi connectivity index (χ4n) is 3.96. The monoisotopic (exact) mass is 268 g/mol. The first-order valence-electron chi connectivity index (χ1n) is 8.11. The summed E-state index contributed by atoms with van der Waals surface area (Å²) in [4.78, 5) is 5.09. The second-order valence-electron chi connectivity index (χ2n) is 7.13. The van der Waals surface area contributed by atoms with Crippen LogP contribution in [0.3, 0.4) is 0 Å². The van der Waals surface area contributed by atoms with Crippen molar-refractivity contribution in [3.63, 3.8) is 0 Å². The molecule has 1 saturated heterocycles. The van der Waals surface area contributed by atoms with Gasteiger partial charge in [-0.15, -0.1) is 0 Å². The van der Waals surface area contributed by atoms with E-state index in [0.717, 1.165) is 19.6 Å². The second-order valence-corrected chi connectivity index (χ2v) is 7.13. The summed E-state index contributed by atoms with van der Waals surface area (Å²) in [5.41, 5.74) is 0.186. The molecular weight excluding hydrogens is 236 g/mol. The van der Waals surface area contributed by atoms with Gasteiger partial charge in [0, 0.05) is 43.7 Å². The summed E-state index contributed by atoms with van der Waals surface area (Å²) in [5.74, 6) is 0. The van der Waals surface area contributed by atoms with Gasteiger partial charge >= 0.3 is 0 Å². The van der Waals surface area contributed by atoms with Crippen LogP contribution in [0.25, 0.3) is 0 Å². The zero-order chi connectivity index (χ0) is 13.9. The molecule has 0 amide bonds. The van der Waals surface area contributed by atoms with Gasteiger partial charge in [-0.1, -0.05) is 25.7 Å². The standard InChI is InChI=1S/C16H32N2O/c1-14-10-18(11-15(2)17(14)3)12-16(13-19)8-6-4-5-7-9-16/h14-15,19H,4-13H2,1-3H3. The average Bonchev–Trinajstić information content (AvgIpc) is 2.62. The van der Waals surface area contributed by atoms with E-state index >= 15 is 0 Å². The van der Waals surface area contributed by atoms with Gasteiger partial charge in [0.15, 0.2) is 0 Å². The number of piperazine rings is 1. The number of hydrogen-bond acceptors (Lipinski definition) is 3. The maximum atomic E-state index is 9.94. The molecule has 1 heterocycles. The topological polar surface area (TPSA) is 26.7 Å². The SMILES string of the molecule is CC1CN(CC2(CO)CCCCCC2)CC(C)N1C. The number of aliphatic hydroxyl groups is 1. The van der Waals surface area contributed by atoms with Crippen LogP contribution in [0.15, 0.2) is 0 Å². The van der Waals surface area contributed by atoms with E-state index < -0.39 is 0 Å². The molecule has 2 fully saturated rings. The first-order chi connectivity index (χ1) is 9.06. The Hall–Kier alpha value is -0.120. The van der Waals surface area contributed by atoms with Gasteiger partial charge in [0.2, 0.25) is 0 Å². The molecule has 19 heavy (non-hydrogen) atoms. The van der Waals surface area contributed by atoms with Crippen LogP contribution >= 0.6 is 0 Å². The van der Waals surface area contributed by atoms with E-state index in [4.69, 9.17) is 0 Å². The van der Waals surface area contributed by atoms with E-state index in [1.165, 1.54) is 38.5 Å². The van der Waals surface area contributed by atoms with E-state index in [2.05, 4.69) is 30.7 Å². The molecule has 1 aliphatic heterocycles. The Kier molecular flexibility index (Phi) is 5.27. The third-order valence-electron chi connectivity index (χ3n) is 5.49. The number of likely N-dealkylation sites (N-methyl/N-ethyl adjacent to an activating group) is 1. The van der Waals surface area contributed by atoms with Crippen LogP contribution in [0.2, 0.25) is 0 Å². The van der Waals surface area contributed by atoms with Gasteiger partial charge in [-0.25, -0.2) is 0 Å². The lowest BCUT2D eigenvalue weighted by molar-refractivity contribution is 0.00537. The Morgan fingerprint density at radius 3 is 2.00 bits per heavy atom. The fourth-order valence-corrected chi connectivity index (χ4v) is 3.96. The van der Waals surface area contributed by atoms with Crippen molar-refractivity contribution in [1.82, 2.24) is 9.80 Å². The summed E-state index contributed by atoms with van der Waals surface area (Å²) in [6.45, 7) is 8.43. The van der Waals surface area contributed by atoms with Crippen molar-refractivity contribution in [2.45, 2.75) is 64.5 Å². The summed E-state index contributed by atoms with van der Waals surface area (Å²) in [6.07, 6.45) is 7.77. The molecular formula is C16H32N2O.